The molecule has 0 unspecified atom stereocenters. The summed E-state index contributed by atoms with van der Waals surface area (Å²) >= 11 is 0. The number of rotatable bonds is 6. The van der Waals surface area contributed by atoms with Gasteiger partial charge in [0.05, 0.1) is 10.6 Å². The van der Waals surface area contributed by atoms with E-state index >= 15 is 0 Å². The molecule has 0 aromatic heterocycles. The molecule has 0 saturated carbocycles. The molecule has 10 heteroatoms. The monoisotopic (exact) mass is 414 g/mol. The molecular formula is C20H19FN4O5. The fraction of sp³-hybridized carbons (Fsp3) is 0.250. The standard InChI is InChI=1S/C20H19FN4O5/c1-3-20(13-5-7-14(21)8-6-13)18(27)24(19(28)23-20)11-17(26)22-16-10-15(25(29)30)9-4-12(16)2/h4-10H,3,11H2,1-2H3,(H,22,26)(H,23,28)/t20-/m0/s1. The summed E-state index contributed by atoms with van der Waals surface area (Å²) in [5.41, 5.74) is -0.400. The Morgan fingerprint density at radius 2 is 1.90 bits per heavy atom. The van der Waals surface area contributed by atoms with Crippen molar-refractivity contribution in [3.8, 4) is 0 Å². The Bertz CT molecular complexity index is 1040. The van der Waals surface area contributed by atoms with Gasteiger partial charge in [0, 0.05) is 12.1 Å². The summed E-state index contributed by atoms with van der Waals surface area (Å²) in [4.78, 5) is 49.1. The van der Waals surface area contributed by atoms with Crippen LogP contribution in [0.2, 0.25) is 0 Å². The molecule has 156 valence electrons. The number of carbonyl (C=O) groups is 3. The van der Waals surface area contributed by atoms with E-state index < -0.39 is 40.7 Å². The SMILES string of the molecule is CC[C@@]1(c2ccc(F)cc2)NC(=O)N(CC(=O)Nc2cc([N+](=O)[O-])ccc2C)C1=O. The Hall–Kier alpha value is -3.82. The van der Waals surface area contributed by atoms with E-state index in [1.165, 1.54) is 42.5 Å². The maximum Gasteiger partial charge on any atom is 0.325 e. The van der Waals surface area contributed by atoms with Crippen molar-refractivity contribution in [1.82, 2.24) is 10.2 Å². The predicted octanol–water partition coefficient (Wildman–Crippen LogP) is 2.84. The van der Waals surface area contributed by atoms with Crippen LogP contribution in [0.3, 0.4) is 0 Å². The maximum atomic E-state index is 13.3. The van der Waals surface area contributed by atoms with Crippen molar-refractivity contribution < 1.29 is 23.7 Å². The Balaban J connectivity index is 1.80. The Kier molecular flexibility index (Phi) is 5.50. The summed E-state index contributed by atoms with van der Waals surface area (Å²) in [7, 11) is 0. The number of anilines is 1. The maximum absolute atomic E-state index is 13.3. The second-order valence-corrected chi connectivity index (χ2v) is 6.89. The van der Waals surface area contributed by atoms with Gasteiger partial charge in [-0.25, -0.2) is 9.18 Å². The van der Waals surface area contributed by atoms with Gasteiger partial charge in [-0.15, -0.1) is 0 Å². The Labute approximate surface area is 171 Å². The van der Waals surface area contributed by atoms with Gasteiger partial charge >= 0.3 is 6.03 Å². The third kappa shape index (κ3) is 3.71. The molecule has 0 bridgehead atoms. The lowest BCUT2D eigenvalue weighted by atomic mass is 9.87. The average molecular weight is 414 g/mol. The van der Waals surface area contributed by atoms with Gasteiger partial charge in [0.15, 0.2) is 0 Å². The summed E-state index contributed by atoms with van der Waals surface area (Å²) in [5.74, 6) is -1.80. The number of amides is 4. The van der Waals surface area contributed by atoms with E-state index in [0.29, 0.717) is 11.1 Å². The van der Waals surface area contributed by atoms with Crippen molar-refractivity contribution in [1.29, 1.82) is 0 Å². The molecule has 3 rings (SSSR count). The summed E-state index contributed by atoms with van der Waals surface area (Å²) in [6.45, 7) is 2.77. The van der Waals surface area contributed by atoms with Crippen LogP contribution in [-0.2, 0) is 15.1 Å². The molecule has 1 atom stereocenters. The van der Waals surface area contributed by atoms with E-state index in [1.807, 2.05) is 0 Å². The lowest BCUT2D eigenvalue weighted by Crippen LogP contribution is -2.44. The van der Waals surface area contributed by atoms with Gasteiger partial charge in [0.2, 0.25) is 5.91 Å². The first-order valence-corrected chi connectivity index (χ1v) is 9.13. The van der Waals surface area contributed by atoms with Crippen molar-refractivity contribution in [2.75, 3.05) is 11.9 Å². The molecular weight excluding hydrogens is 395 g/mol. The zero-order valence-corrected chi connectivity index (χ0v) is 16.3. The number of nitro groups is 1. The zero-order valence-electron chi connectivity index (χ0n) is 16.3. The number of nitro benzene ring substituents is 1. The van der Waals surface area contributed by atoms with Gasteiger partial charge in [-0.2, -0.15) is 0 Å². The Morgan fingerprint density at radius 1 is 1.23 bits per heavy atom. The molecule has 1 fully saturated rings. The van der Waals surface area contributed by atoms with Crippen molar-refractivity contribution in [2.45, 2.75) is 25.8 Å². The van der Waals surface area contributed by atoms with Gasteiger partial charge in [-0.3, -0.25) is 24.6 Å². The lowest BCUT2D eigenvalue weighted by molar-refractivity contribution is -0.384. The molecule has 4 amide bonds. The third-order valence-corrected chi connectivity index (χ3v) is 5.05. The minimum atomic E-state index is -1.40. The lowest BCUT2D eigenvalue weighted by Gasteiger charge is -2.25. The molecule has 1 aliphatic rings. The number of benzene rings is 2. The number of halogens is 1. The summed E-state index contributed by atoms with van der Waals surface area (Å²) in [6, 6.07) is 8.43. The first kappa shape index (κ1) is 20.9. The van der Waals surface area contributed by atoms with Crippen molar-refractivity contribution in [2.24, 2.45) is 0 Å². The highest BCUT2D eigenvalue weighted by Crippen LogP contribution is 2.32. The van der Waals surface area contributed by atoms with Crippen LogP contribution >= 0.6 is 0 Å². The van der Waals surface area contributed by atoms with E-state index in [0.717, 1.165) is 4.90 Å². The number of hydrogen-bond donors (Lipinski definition) is 2. The van der Waals surface area contributed by atoms with E-state index in [-0.39, 0.29) is 17.8 Å². The van der Waals surface area contributed by atoms with E-state index in [4.69, 9.17) is 0 Å². The fourth-order valence-corrected chi connectivity index (χ4v) is 3.34. The normalized spacial score (nSPS) is 18.3. The second-order valence-electron chi connectivity index (χ2n) is 6.89. The number of carbonyl (C=O) groups excluding carboxylic acids is 3. The molecule has 30 heavy (non-hydrogen) atoms. The molecule has 2 aromatic rings. The number of urea groups is 1. The smallest absolute Gasteiger partial charge is 0.324 e. The molecule has 1 heterocycles. The first-order valence-electron chi connectivity index (χ1n) is 9.13. The van der Waals surface area contributed by atoms with E-state index in [9.17, 15) is 28.9 Å². The molecule has 0 spiro atoms. The first-order chi connectivity index (χ1) is 14.2. The fourth-order valence-electron chi connectivity index (χ4n) is 3.34. The Morgan fingerprint density at radius 3 is 2.50 bits per heavy atom. The van der Waals surface area contributed by atoms with Crippen LogP contribution in [0, 0.1) is 22.9 Å². The number of nitrogens with one attached hydrogen (secondary N) is 2. The van der Waals surface area contributed by atoms with Crippen molar-refractivity contribution in [3.05, 3.63) is 69.5 Å². The highest BCUT2D eigenvalue weighted by atomic mass is 19.1. The summed E-state index contributed by atoms with van der Waals surface area (Å²) < 4.78 is 13.3. The largest absolute Gasteiger partial charge is 0.325 e. The number of non-ortho nitro benzene ring substituents is 1. The number of nitrogens with zero attached hydrogens (tertiary/aromatic N) is 2. The van der Waals surface area contributed by atoms with Gasteiger partial charge in [-0.1, -0.05) is 25.1 Å². The highest BCUT2D eigenvalue weighted by molar-refractivity contribution is 6.10. The molecule has 1 aliphatic heterocycles. The van der Waals surface area contributed by atoms with Crippen LogP contribution in [0.4, 0.5) is 20.6 Å². The number of imide groups is 1. The molecule has 1 saturated heterocycles. The predicted molar refractivity (Wildman–Crippen MR) is 105 cm³/mol. The number of aryl methyl sites for hydroxylation is 1. The topological polar surface area (TPSA) is 122 Å². The van der Waals surface area contributed by atoms with E-state index in [2.05, 4.69) is 10.6 Å². The van der Waals surface area contributed by atoms with Crippen LogP contribution < -0.4 is 10.6 Å². The molecule has 9 nitrogen and oxygen atoms in total. The van der Waals surface area contributed by atoms with Gasteiger partial charge in [0.25, 0.3) is 11.6 Å². The van der Waals surface area contributed by atoms with Crippen molar-refractivity contribution >= 4 is 29.2 Å². The molecule has 0 aliphatic carbocycles. The quantitative estimate of drug-likeness (QED) is 0.428. The van der Waals surface area contributed by atoms with Gasteiger partial charge < -0.3 is 10.6 Å². The van der Waals surface area contributed by atoms with Gasteiger partial charge in [0.1, 0.15) is 17.9 Å². The minimum absolute atomic E-state index is 0.200. The van der Waals surface area contributed by atoms with Crippen LogP contribution in [0.15, 0.2) is 42.5 Å². The highest BCUT2D eigenvalue weighted by Gasteiger charge is 2.51. The van der Waals surface area contributed by atoms with Crippen LogP contribution in [-0.4, -0.2) is 34.2 Å². The zero-order chi connectivity index (χ0) is 22.1. The van der Waals surface area contributed by atoms with Crippen LogP contribution in [0.5, 0.6) is 0 Å². The second kappa shape index (κ2) is 7.90. The summed E-state index contributed by atoms with van der Waals surface area (Å²) in [5, 5.41) is 16.0. The van der Waals surface area contributed by atoms with E-state index in [1.54, 1.807) is 13.8 Å². The minimum Gasteiger partial charge on any atom is -0.324 e. The summed E-state index contributed by atoms with van der Waals surface area (Å²) in [6.07, 6.45) is 0.200. The molecule has 2 aromatic carbocycles. The molecule has 0 radical (unpaired) electrons. The van der Waals surface area contributed by atoms with Gasteiger partial charge in [-0.05, 0) is 36.6 Å². The third-order valence-electron chi connectivity index (χ3n) is 5.05. The van der Waals surface area contributed by atoms with Crippen molar-refractivity contribution in [3.63, 3.8) is 0 Å². The number of hydrogen-bond acceptors (Lipinski definition) is 5. The average Bonchev–Trinajstić information content (AvgIpc) is 2.95. The molecule has 2 N–H and O–H groups in total. The van der Waals surface area contributed by atoms with Crippen LogP contribution in [0.1, 0.15) is 24.5 Å². The van der Waals surface area contributed by atoms with Crippen LogP contribution in [0.25, 0.3) is 0 Å².